The summed E-state index contributed by atoms with van der Waals surface area (Å²) in [7, 11) is 0. The number of hydrogen-bond acceptors (Lipinski definition) is 3. The molecule has 0 heterocycles. The van der Waals surface area contributed by atoms with Crippen LogP contribution in [0.2, 0.25) is 0 Å². The summed E-state index contributed by atoms with van der Waals surface area (Å²) >= 11 is 8.87. The lowest BCUT2D eigenvalue weighted by atomic mass is 10.2. The number of thiocarbonyl (C=S) groups is 1. The maximum Gasteiger partial charge on any atom is 0.341 e. The molecule has 0 bridgehead atoms. The van der Waals surface area contributed by atoms with Crippen LogP contribution in [0, 0.1) is 0 Å². The van der Waals surface area contributed by atoms with E-state index in [0.717, 1.165) is 0 Å². The minimum atomic E-state index is -1.02. The molecule has 0 fully saturated rings. The lowest BCUT2D eigenvalue weighted by molar-refractivity contribution is -0.139. The molecule has 0 atom stereocenters. The summed E-state index contributed by atoms with van der Waals surface area (Å²) in [6, 6.07) is 6.91. The Morgan fingerprint density at radius 1 is 1.50 bits per heavy atom. The molecule has 1 rings (SSSR count). The Labute approximate surface area is 92.1 Å². The van der Waals surface area contributed by atoms with Crippen molar-refractivity contribution in [2.45, 2.75) is 0 Å². The number of hydrogen-bond donors (Lipinski definition) is 2. The third-order valence-electron chi connectivity index (χ3n) is 1.47. The molecular weight excluding hydrogens is 220 g/mol. The van der Waals surface area contributed by atoms with Gasteiger partial charge in [0.25, 0.3) is 0 Å². The number of aliphatic carboxylic acids is 1. The van der Waals surface area contributed by atoms with Gasteiger partial charge in [0.2, 0.25) is 0 Å². The molecule has 0 aromatic heterocycles. The summed E-state index contributed by atoms with van der Waals surface area (Å²) in [5, 5.41) is 8.43. The molecule has 0 aliphatic heterocycles. The Hall–Kier alpha value is -1.07. The number of thiol groups is 1. The van der Waals surface area contributed by atoms with E-state index >= 15 is 0 Å². The Morgan fingerprint density at radius 2 is 2.14 bits per heavy atom. The van der Waals surface area contributed by atoms with E-state index < -0.39 is 5.97 Å². The maximum absolute atomic E-state index is 10.3. The van der Waals surface area contributed by atoms with Crippen molar-refractivity contribution in [1.82, 2.24) is 0 Å². The predicted octanol–water partition coefficient (Wildman–Crippen LogP) is 1.76. The lowest BCUT2D eigenvalue weighted by Gasteiger charge is -2.07. The zero-order chi connectivity index (χ0) is 10.6. The molecule has 0 radical (unpaired) electrons. The van der Waals surface area contributed by atoms with Gasteiger partial charge in [0.05, 0.1) is 4.20 Å². The molecule has 1 aromatic carbocycles. The fourth-order valence-corrected chi connectivity index (χ4v) is 1.26. The first kappa shape index (κ1) is 11.0. The van der Waals surface area contributed by atoms with Crippen LogP contribution in [0.5, 0.6) is 5.75 Å². The number of carboxylic acid groups (broad SMARTS) is 1. The van der Waals surface area contributed by atoms with Crippen LogP contribution in [-0.4, -0.2) is 21.9 Å². The topological polar surface area (TPSA) is 46.5 Å². The molecule has 5 heteroatoms. The minimum absolute atomic E-state index is 0.381. The van der Waals surface area contributed by atoms with Crippen LogP contribution in [-0.2, 0) is 4.79 Å². The molecule has 14 heavy (non-hydrogen) atoms. The van der Waals surface area contributed by atoms with Gasteiger partial charge >= 0.3 is 5.97 Å². The first-order chi connectivity index (χ1) is 6.61. The van der Waals surface area contributed by atoms with Crippen molar-refractivity contribution in [1.29, 1.82) is 0 Å². The molecule has 1 N–H and O–H groups in total. The van der Waals surface area contributed by atoms with Gasteiger partial charge in [-0.1, -0.05) is 24.4 Å². The van der Waals surface area contributed by atoms with Crippen LogP contribution in [0.3, 0.4) is 0 Å². The highest BCUT2D eigenvalue weighted by molar-refractivity contribution is 8.11. The van der Waals surface area contributed by atoms with Gasteiger partial charge < -0.3 is 9.84 Å². The van der Waals surface area contributed by atoms with E-state index in [1.165, 1.54) is 0 Å². The highest BCUT2D eigenvalue weighted by Gasteiger charge is 2.06. The number of benzene rings is 1. The average molecular weight is 228 g/mol. The van der Waals surface area contributed by atoms with Crippen molar-refractivity contribution in [2.75, 3.05) is 6.61 Å². The van der Waals surface area contributed by atoms with E-state index in [4.69, 9.17) is 22.1 Å². The van der Waals surface area contributed by atoms with Crippen molar-refractivity contribution in [3.05, 3.63) is 29.8 Å². The Bertz CT molecular complexity index is 363. The molecule has 74 valence electrons. The molecule has 0 aliphatic rings. The highest BCUT2D eigenvalue weighted by Crippen LogP contribution is 2.20. The van der Waals surface area contributed by atoms with Crippen molar-refractivity contribution < 1.29 is 14.6 Å². The van der Waals surface area contributed by atoms with Gasteiger partial charge in [-0.05, 0) is 12.1 Å². The molecule has 3 nitrogen and oxygen atoms in total. The molecule has 0 saturated carbocycles. The van der Waals surface area contributed by atoms with Gasteiger partial charge in [-0.2, -0.15) is 0 Å². The first-order valence-corrected chi connectivity index (χ1v) is 4.63. The Morgan fingerprint density at radius 3 is 2.71 bits per heavy atom. The van der Waals surface area contributed by atoms with Crippen molar-refractivity contribution in [2.24, 2.45) is 0 Å². The van der Waals surface area contributed by atoms with Crippen LogP contribution >= 0.6 is 24.8 Å². The van der Waals surface area contributed by atoms with Gasteiger partial charge in [-0.15, -0.1) is 12.6 Å². The van der Waals surface area contributed by atoms with Gasteiger partial charge in [-0.3, -0.25) is 0 Å². The van der Waals surface area contributed by atoms with Crippen LogP contribution in [0.25, 0.3) is 0 Å². The van der Waals surface area contributed by atoms with Crippen LogP contribution in [0.4, 0.5) is 0 Å². The summed E-state index contributed by atoms with van der Waals surface area (Å²) in [4.78, 5) is 10.3. The smallest absolute Gasteiger partial charge is 0.341 e. The number of para-hydroxylation sites is 1. The summed E-state index contributed by atoms with van der Waals surface area (Å²) in [5.41, 5.74) is 0.632. The van der Waals surface area contributed by atoms with E-state index in [0.29, 0.717) is 15.5 Å². The van der Waals surface area contributed by atoms with E-state index in [2.05, 4.69) is 12.6 Å². The molecule has 0 unspecified atom stereocenters. The highest BCUT2D eigenvalue weighted by atomic mass is 32.1. The third kappa shape index (κ3) is 3.01. The number of carbonyl (C=O) groups is 1. The summed E-state index contributed by atoms with van der Waals surface area (Å²) in [6.45, 7) is -0.382. The summed E-state index contributed by atoms with van der Waals surface area (Å²) < 4.78 is 5.40. The molecule has 1 aromatic rings. The fourth-order valence-electron chi connectivity index (χ4n) is 0.909. The van der Waals surface area contributed by atoms with E-state index in [9.17, 15) is 4.79 Å². The minimum Gasteiger partial charge on any atom is -0.481 e. The zero-order valence-electron chi connectivity index (χ0n) is 7.14. The Balaban J connectivity index is 2.84. The zero-order valence-corrected chi connectivity index (χ0v) is 8.85. The van der Waals surface area contributed by atoms with Crippen LogP contribution in [0.15, 0.2) is 24.3 Å². The third-order valence-corrected chi connectivity index (χ3v) is 1.93. The quantitative estimate of drug-likeness (QED) is 0.609. The monoisotopic (exact) mass is 228 g/mol. The predicted molar refractivity (Wildman–Crippen MR) is 60.3 cm³/mol. The molecule has 0 saturated heterocycles. The molecular formula is C9H8O3S2. The van der Waals surface area contributed by atoms with Crippen LogP contribution < -0.4 is 4.74 Å². The van der Waals surface area contributed by atoms with E-state index in [1.807, 2.05) is 0 Å². The summed E-state index contributed by atoms with van der Waals surface area (Å²) in [6.07, 6.45) is 0. The van der Waals surface area contributed by atoms with Crippen molar-refractivity contribution in [3.8, 4) is 5.75 Å². The number of rotatable bonds is 4. The second-order valence-corrected chi connectivity index (χ2v) is 3.64. The van der Waals surface area contributed by atoms with Gasteiger partial charge in [0, 0.05) is 5.56 Å². The Kier molecular flexibility index (Phi) is 3.91. The standard InChI is InChI=1S/C9H8O3S2/c10-8(11)5-12-7-4-2-1-3-6(7)9(13)14/h1-4H,5H2,(H,10,11)(H,13,14). The average Bonchev–Trinajstić information content (AvgIpc) is 2.15. The maximum atomic E-state index is 10.3. The molecule has 0 aliphatic carbocycles. The SMILES string of the molecule is O=C(O)COc1ccccc1C(=S)S. The second-order valence-electron chi connectivity index (χ2n) is 2.48. The van der Waals surface area contributed by atoms with Gasteiger partial charge in [-0.25, -0.2) is 4.79 Å². The lowest BCUT2D eigenvalue weighted by Crippen LogP contribution is -2.10. The van der Waals surface area contributed by atoms with E-state index in [-0.39, 0.29) is 6.61 Å². The first-order valence-electron chi connectivity index (χ1n) is 3.78. The van der Waals surface area contributed by atoms with Gasteiger partial charge in [0.15, 0.2) is 6.61 Å². The summed E-state index contributed by atoms with van der Waals surface area (Å²) in [5.74, 6) is -0.584. The van der Waals surface area contributed by atoms with Crippen LogP contribution in [0.1, 0.15) is 5.56 Å². The molecule has 0 amide bonds. The van der Waals surface area contributed by atoms with Crippen molar-refractivity contribution in [3.63, 3.8) is 0 Å². The largest absolute Gasteiger partial charge is 0.481 e. The number of ether oxygens (including phenoxy) is 1. The van der Waals surface area contributed by atoms with Gasteiger partial charge in [0.1, 0.15) is 5.75 Å². The second kappa shape index (κ2) is 4.97. The molecule has 0 spiro atoms. The normalized spacial score (nSPS) is 9.50. The van der Waals surface area contributed by atoms with Crippen molar-refractivity contribution >= 4 is 35.0 Å². The van der Waals surface area contributed by atoms with E-state index in [1.54, 1.807) is 24.3 Å². The fraction of sp³-hybridized carbons (Fsp3) is 0.111. The number of carboxylic acids is 1.